The van der Waals surface area contributed by atoms with E-state index in [-0.39, 0.29) is 10.5 Å². The Hall–Kier alpha value is -2.08. The Kier molecular flexibility index (Phi) is 8.26. The van der Waals surface area contributed by atoms with Crippen molar-refractivity contribution in [2.45, 2.75) is 17.7 Å². The number of sulfonamides is 1. The molecule has 0 atom stereocenters. The Labute approximate surface area is 146 Å². The summed E-state index contributed by atoms with van der Waals surface area (Å²) in [4.78, 5) is 11.7. The quantitative estimate of drug-likeness (QED) is 0.254. The van der Waals surface area contributed by atoms with Crippen molar-refractivity contribution in [3.8, 4) is 6.07 Å². The molecule has 0 aromatic heterocycles. The zero-order valence-corrected chi connectivity index (χ0v) is 14.5. The monoisotopic (exact) mass is 370 g/mol. The molecule has 0 heterocycles. The number of halogens is 1. The fourth-order valence-electron chi connectivity index (χ4n) is 1.75. The van der Waals surface area contributed by atoms with E-state index in [1.807, 2.05) is 6.07 Å². The van der Waals surface area contributed by atoms with Gasteiger partial charge in [-0.25, -0.2) is 13.6 Å². The second-order valence-electron chi connectivity index (χ2n) is 4.86. The summed E-state index contributed by atoms with van der Waals surface area (Å²) < 4.78 is 22.3. The Morgan fingerprint density at radius 1 is 1.29 bits per heavy atom. The van der Waals surface area contributed by atoms with Crippen molar-refractivity contribution in [1.82, 2.24) is 10.6 Å². The Balaban J connectivity index is 2.48. The lowest BCUT2D eigenvalue weighted by molar-refractivity contribution is -0.117. The van der Waals surface area contributed by atoms with Gasteiger partial charge in [0.15, 0.2) is 0 Å². The van der Waals surface area contributed by atoms with Gasteiger partial charge in [-0.05, 0) is 30.5 Å². The minimum Gasteiger partial charge on any atom is -0.389 e. The molecule has 0 aliphatic heterocycles. The number of hydrogen-bond acceptors (Lipinski definition) is 5. The number of nitrogens with zero attached hydrogens (tertiary/aromatic N) is 1. The second-order valence-corrected chi connectivity index (χ2v) is 6.80. The van der Waals surface area contributed by atoms with Gasteiger partial charge >= 0.3 is 0 Å². The molecule has 0 aliphatic rings. The van der Waals surface area contributed by atoms with E-state index in [0.717, 1.165) is 5.56 Å². The van der Waals surface area contributed by atoms with Crippen LogP contribution in [0.4, 0.5) is 0 Å². The van der Waals surface area contributed by atoms with Crippen LogP contribution in [0.3, 0.4) is 0 Å². The predicted molar refractivity (Wildman–Crippen MR) is 91.6 cm³/mol. The summed E-state index contributed by atoms with van der Waals surface area (Å²) in [7, 11) is -3.69. The first kappa shape index (κ1) is 20.0. The normalized spacial score (nSPS) is 11.6. The molecule has 0 aliphatic carbocycles. The zero-order valence-electron chi connectivity index (χ0n) is 13.0. The number of carbonyl (C=O) groups is 1. The number of benzene rings is 1. The van der Waals surface area contributed by atoms with E-state index in [1.54, 1.807) is 12.1 Å². The van der Waals surface area contributed by atoms with Crippen LogP contribution >= 0.6 is 11.6 Å². The predicted octanol–water partition coefficient (Wildman–Crippen LogP) is 0.619. The third kappa shape index (κ3) is 7.00. The molecule has 1 aromatic rings. The molecule has 7 nitrogen and oxygen atoms in total. The molecular weight excluding hydrogens is 352 g/mol. The lowest BCUT2D eigenvalue weighted by Gasteiger charge is -2.05. The summed E-state index contributed by atoms with van der Waals surface area (Å²) in [5.74, 6) is -0.0124. The molecule has 1 aromatic carbocycles. The number of nitriles is 1. The molecule has 9 heteroatoms. The molecule has 0 unspecified atom stereocenters. The van der Waals surface area contributed by atoms with Crippen molar-refractivity contribution in [2.75, 3.05) is 19.0 Å². The lowest BCUT2D eigenvalue weighted by Crippen LogP contribution is -2.27. The van der Waals surface area contributed by atoms with Gasteiger partial charge in [-0.1, -0.05) is 12.1 Å². The van der Waals surface area contributed by atoms with Crippen molar-refractivity contribution in [2.24, 2.45) is 5.14 Å². The largest absolute Gasteiger partial charge is 0.389 e. The molecule has 0 radical (unpaired) electrons. The van der Waals surface area contributed by atoms with Crippen molar-refractivity contribution in [1.29, 1.82) is 5.26 Å². The molecule has 0 spiro atoms. The molecule has 130 valence electrons. The summed E-state index contributed by atoms with van der Waals surface area (Å²) in [5.41, 5.74) is 0.877. The van der Waals surface area contributed by atoms with E-state index in [1.165, 1.54) is 18.3 Å². The highest BCUT2D eigenvalue weighted by atomic mass is 35.5. The number of carbonyl (C=O) groups excluding carboxylic acids is 1. The molecule has 24 heavy (non-hydrogen) atoms. The summed E-state index contributed by atoms with van der Waals surface area (Å²) in [6.07, 6.45) is 2.58. The van der Waals surface area contributed by atoms with Crippen molar-refractivity contribution >= 4 is 27.5 Å². The summed E-state index contributed by atoms with van der Waals surface area (Å²) in [6, 6.07) is 8.02. The van der Waals surface area contributed by atoms with Crippen molar-refractivity contribution < 1.29 is 13.2 Å². The van der Waals surface area contributed by atoms with Gasteiger partial charge in [0.05, 0.1) is 4.90 Å². The molecule has 1 rings (SSSR count). The first-order chi connectivity index (χ1) is 11.4. The van der Waals surface area contributed by atoms with Gasteiger partial charge in [0.1, 0.15) is 11.6 Å². The number of hydrogen-bond donors (Lipinski definition) is 3. The molecule has 0 fully saturated rings. The maximum atomic E-state index is 11.7. The van der Waals surface area contributed by atoms with Gasteiger partial charge < -0.3 is 10.6 Å². The fraction of sp³-hybridized carbons (Fsp3) is 0.333. The summed E-state index contributed by atoms with van der Waals surface area (Å²) in [5, 5.41) is 19.5. The summed E-state index contributed by atoms with van der Waals surface area (Å²) in [6.45, 7) is 0.895. The van der Waals surface area contributed by atoms with Crippen LogP contribution in [0.1, 0.15) is 12.0 Å². The summed E-state index contributed by atoms with van der Waals surface area (Å²) >= 11 is 5.51. The molecule has 1 amide bonds. The smallest absolute Gasteiger partial charge is 0.263 e. The van der Waals surface area contributed by atoms with Gasteiger partial charge in [-0.15, -0.1) is 11.6 Å². The number of amides is 1. The van der Waals surface area contributed by atoms with Crippen LogP contribution in [0.5, 0.6) is 0 Å². The number of alkyl halides is 1. The number of rotatable bonds is 9. The van der Waals surface area contributed by atoms with Gasteiger partial charge in [-0.3, -0.25) is 4.79 Å². The van der Waals surface area contributed by atoms with Crippen LogP contribution < -0.4 is 15.8 Å². The van der Waals surface area contributed by atoms with Gasteiger partial charge in [0.2, 0.25) is 10.0 Å². The molecule has 4 N–H and O–H groups in total. The van der Waals surface area contributed by atoms with Crippen LogP contribution in [0.2, 0.25) is 0 Å². The highest BCUT2D eigenvalue weighted by molar-refractivity contribution is 7.89. The van der Waals surface area contributed by atoms with Crippen LogP contribution in [0.15, 0.2) is 40.9 Å². The van der Waals surface area contributed by atoms with Crippen LogP contribution in [-0.4, -0.2) is 33.3 Å². The van der Waals surface area contributed by atoms with E-state index >= 15 is 0 Å². The van der Waals surface area contributed by atoms with Gasteiger partial charge in [-0.2, -0.15) is 5.26 Å². The first-order valence-electron chi connectivity index (χ1n) is 7.18. The van der Waals surface area contributed by atoms with Gasteiger partial charge in [0, 0.05) is 25.2 Å². The van der Waals surface area contributed by atoms with Crippen LogP contribution in [0, 0.1) is 11.3 Å². The fourth-order valence-corrected chi connectivity index (χ4v) is 2.40. The Morgan fingerprint density at radius 2 is 1.96 bits per heavy atom. The highest BCUT2D eigenvalue weighted by Gasteiger charge is 2.08. The molecule has 0 saturated carbocycles. The van der Waals surface area contributed by atoms with Crippen molar-refractivity contribution in [3.63, 3.8) is 0 Å². The minimum absolute atomic E-state index is 0.0193. The SMILES string of the molecule is N#C/C(=C/NCCc1ccc(S(N)(=O)=O)cc1)C(=O)NCCCCl. The minimum atomic E-state index is -3.69. The Bertz CT molecular complexity index is 724. The van der Waals surface area contributed by atoms with E-state index in [0.29, 0.717) is 31.8 Å². The van der Waals surface area contributed by atoms with Crippen LogP contribution in [0.25, 0.3) is 0 Å². The topological polar surface area (TPSA) is 125 Å². The standard InChI is InChI=1S/C15H19ClN4O3S/c16-7-1-8-20-15(21)13(10-17)11-19-9-6-12-2-4-14(5-3-12)24(18,22)23/h2-5,11,19H,1,6-9H2,(H,20,21)(H2,18,22,23)/b13-11-. The van der Waals surface area contributed by atoms with E-state index < -0.39 is 15.9 Å². The highest BCUT2D eigenvalue weighted by Crippen LogP contribution is 2.08. The Morgan fingerprint density at radius 3 is 2.50 bits per heavy atom. The third-order valence-electron chi connectivity index (χ3n) is 3.02. The average molecular weight is 371 g/mol. The molecule has 0 saturated heterocycles. The maximum Gasteiger partial charge on any atom is 0.263 e. The third-order valence-corrected chi connectivity index (χ3v) is 4.21. The lowest BCUT2D eigenvalue weighted by atomic mass is 10.1. The molecular formula is C15H19ClN4O3S. The maximum absolute atomic E-state index is 11.7. The van der Waals surface area contributed by atoms with Crippen LogP contribution in [-0.2, 0) is 21.2 Å². The number of primary sulfonamides is 1. The number of nitrogens with one attached hydrogen (secondary N) is 2. The van der Waals surface area contributed by atoms with E-state index in [4.69, 9.17) is 22.0 Å². The molecule has 0 bridgehead atoms. The number of nitrogens with two attached hydrogens (primary N) is 1. The van der Waals surface area contributed by atoms with E-state index in [2.05, 4.69) is 10.6 Å². The second kappa shape index (κ2) is 9.93. The average Bonchev–Trinajstić information content (AvgIpc) is 2.54. The zero-order chi connectivity index (χ0) is 18.0. The van der Waals surface area contributed by atoms with Gasteiger partial charge in [0.25, 0.3) is 5.91 Å². The van der Waals surface area contributed by atoms with E-state index in [9.17, 15) is 13.2 Å². The van der Waals surface area contributed by atoms with Crippen molar-refractivity contribution in [3.05, 3.63) is 41.6 Å². The first-order valence-corrected chi connectivity index (χ1v) is 9.26.